The molecule has 2 aromatic carbocycles. The molecule has 1 heteroatoms. The zero-order chi connectivity index (χ0) is 12.7. The minimum absolute atomic E-state index is 0.306. The van der Waals surface area contributed by atoms with Crippen molar-refractivity contribution in [1.29, 1.82) is 0 Å². The van der Waals surface area contributed by atoms with E-state index in [2.05, 4.69) is 79.5 Å². The highest BCUT2D eigenvalue weighted by molar-refractivity contribution is 6.14. The van der Waals surface area contributed by atoms with Crippen LogP contribution in [0.2, 0.25) is 5.04 Å². The van der Waals surface area contributed by atoms with Gasteiger partial charge in [-0.3, -0.25) is 0 Å². The van der Waals surface area contributed by atoms with E-state index in [1.807, 2.05) is 12.1 Å². The molecule has 3 radical (unpaired) electrons. The summed E-state index contributed by atoms with van der Waals surface area (Å²) in [6.07, 6.45) is 0. The maximum atomic E-state index is 3.42. The van der Waals surface area contributed by atoms with Gasteiger partial charge in [0.25, 0.3) is 0 Å². The van der Waals surface area contributed by atoms with Gasteiger partial charge < -0.3 is 0 Å². The van der Waals surface area contributed by atoms with Crippen LogP contribution in [0.15, 0.2) is 60.7 Å². The lowest BCUT2D eigenvalue weighted by atomic mass is 10.1. The number of hydrogen-bond donors (Lipinski definition) is 0. The van der Waals surface area contributed by atoms with Gasteiger partial charge in [0.2, 0.25) is 0 Å². The van der Waals surface area contributed by atoms with Crippen molar-refractivity contribution in [1.82, 2.24) is 0 Å². The normalized spacial score (nSPS) is 10.4. The molecule has 87 valence electrons. The van der Waals surface area contributed by atoms with E-state index < -0.39 is 0 Å². The predicted molar refractivity (Wildman–Crippen MR) is 77.3 cm³/mol. The first kappa shape index (κ1) is 13.7. The molecule has 0 nitrogen and oxygen atoms in total. The molecule has 0 saturated carbocycles. The van der Waals surface area contributed by atoms with E-state index in [1.165, 1.54) is 11.1 Å². The van der Waals surface area contributed by atoms with Crippen LogP contribution < -0.4 is 0 Å². The molecule has 0 N–H and O–H groups in total. The lowest BCUT2D eigenvalue weighted by molar-refractivity contribution is 0.767. The van der Waals surface area contributed by atoms with E-state index in [0.29, 0.717) is 5.04 Å². The molecule has 0 atom stereocenters. The van der Waals surface area contributed by atoms with Crippen molar-refractivity contribution in [2.24, 2.45) is 0 Å². The third-order valence-corrected chi connectivity index (χ3v) is 1.88. The van der Waals surface area contributed by atoms with Crippen LogP contribution in [-0.2, 0) is 0 Å². The summed E-state index contributed by atoms with van der Waals surface area (Å²) in [4.78, 5) is 0. The van der Waals surface area contributed by atoms with E-state index in [1.54, 1.807) is 0 Å². The summed E-state index contributed by atoms with van der Waals surface area (Å²) in [5, 5.41) is 0.306. The molecule has 2 aromatic rings. The molecule has 0 heterocycles. The van der Waals surface area contributed by atoms with Gasteiger partial charge >= 0.3 is 0 Å². The van der Waals surface area contributed by atoms with Crippen LogP contribution >= 0.6 is 0 Å². The quantitative estimate of drug-likeness (QED) is 0.631. The smallest absolute Gasteiger partial charge is 0.0302 e. The van der Waals surface area contributed by atoms with Crippen molar-refractivity contribution in [2.45, 2.75) is 25.8 Å². The number of hydrogen-bond acceptors (Lipinski definition) is 0. The summed E-state index contributed by atoms with van der Waals surface area (Å²) >= 11 is 0. The maximum Gasteiger partial charge on any atom is 0.0302 e. The Morgan fingerprint density at radius 2 is 0.882 bits per heavy atom. The Morgan fingerprint density at radius 3 is 1.12 bits per heavy atom. The molecular formula is C16H19Si. The molecule has 0 aliphatic heterocycles. The average Bonchev–Trinajstić information content (AvgIpc) is 2.29. The molecule has 0 unspecified atom stereocenters. The van der Waals surface area contributed by atoms with E-state index >= 15 is 0 Å². The first-order valence-electron chi connectivity index (χ1n) is 5.82. The lowest BCUT2D eigenvalue weighted by Crippen LogP contribution is -1.90. The number of rotatable bonds is 1. The van der Waals surface area contributed by atoms with Crippen molar-refractivity contribution in [3.8, 4) is 11.1 Å². The minimum atomic E-state index is 0.306. The summed E-state index contributed by atoms with van der Waals surface area (Å²) < 4.78 is 0. The van der Waals surface area contributed by atoms with Crippen LogP contribution in [0.3, 0.4) is 0 Å². The van der Waals surface area contributed by atoms with Gasteiger partial charge in [-0.15, -0.1) is 0 Å². The highest BCUT2D eigenvalue weighted by Crippen LogP contribution is 2.17. The third kappa shape index (κ3) is 6.75. The zero-order valence-electron chi connectivity index (χ0n) is 10.8. The van der Waals surface area contributed by atoms with Gasteiger partial charge in [0, 0.05) is 10.2 Å². The highest BCUT2D eigenvalue weighted by atomic mass is 28.1. The fraction of sp³-hybridized carbons (Fsp3) is 0.250. The van der Waals surface area contributed by atoms with Crippen LogP contribution in [-0.4, -0.2) is 10.2 Å². The Hall–Kier alpha value is -1.34. The van der Waals surface area contributed by atoms with Crippen LogP contribution in [0.25, 0.3) is 11.1 Å². The predicted octanol–water partition coefficient (Wildman–Crippen LogP) is 4.73. The van der Waals surface area contributed by atoms with Gasteiger partial charge in [0.1, 0.15) is 0 Å². The van der Waals surface area contributed by atoms with Crippen molar-refractivity contribution in [2.75, 3.05) is 0 Å². The lowest BCUT2D eigenvalue weighted by Gasteiger charge is -2.04. The molecule has 0 aromatic heterocycles. The van der Waals surface area contributed by atoms with Gasteiger partial charge in [-0.25, -0.2) is 0 Å². The second kappa shape index (κ2) is 6.41. The van der Waals surface area contributed by atoms with Crippen LogP contribution in [0.4, 0.5) is 0 Å². The summed E-state index contributed by atoms with van der Waals surface area (Å²) in [6.45, 7) is 6.30. The highest BCUT2D eigenvalue weighted by Gasteiger charge is 1.96. The van der Waals surface area contributed by atoms with Crippen LogP contribution in [0.1, 0.15) is 20.8 Å². The SMILES string of the molecule is CC(C)(C)[Si].c1ccc(-c2ccccc2)cc1. The van der Waals surface area contributed by atoms with Gasteiger partial charge in [0.05, 0.1) is 0 Å². The molecule has 0 spiro atoms. The van der Waals surface area contributed by atoms with Gasteiger partial charge in [-0.05, 0) is 16.2 Å². The van der Waals surface area contributed by atoms with Crippen molar-refractivity contribution >= 4 is 10.2 Å². The molecule has 2 rings (SSSR count). The summed E-state index contributed by atoms with van der Waals surface area (Å²) in [7, 11) is 3.42. The first-order chi connectivity index (χ1) is 7.97. The minimum Gasteiger partial charge on any atom is -0.0633 e. The largest absolute Gasteiger partial charge is 0.0633 e. The second-order valence-electron chi connectivity index (χ2n) is 4.98. The Morgan fingerprint density at radius 1 is 0.647 bits per heavy atom. The molecular weight excluding hydrogens is 220 g/mol. The Kier molecular flexibility index (Phi) is 5.17. The van der Waals surface area contributed by atoms with Crippen molar-refractivity contribution < 1.29 is 0 Å². The van der Waals surface area contributed by atoms with Gasteiger partial charge in [0.15, 0.2) is 0 Å². The molecule has 0 aliphatic rings. The fourth-order valence-corrected chi connectivity index (χ4v) is 1.26. The standard InChI is InChI=1S/C12H10.C4H9Si/c1-3-7-11(8-4-1)12-9-5-2-6-10-12;1-4(2,3)5/h1-10H;1-3H3. The van der Waals surface area contributed by atoms with Crippen molar-refractivity contribution in [3.63, 3.8) is 0 Å². The molecule has 0 fully saturated rings. The van der Waals surface area contributed by atoms with Crippen LogP contribution in [0, 0.1) is 0 Å². The monoisotopic (exact) mass is 239 g/mol. The topological polar surface area (TPSA) is 0 Å². The molecule has 0 saturated heterocycles. The van der Waals surface area contributed by atoms with E-state index in [-0.39, 0.29) is 0 Å². The zero-order valence-corrected chi connectivity index (χ0v) is 11.8. The molecule has 0 bridgehead atoms. The summed E-state index contributed by atoms with van der Waals surface area (Å²) in [6, 6.07) is 20.8. The maximum absolute atomic E-state index is 3.42. The molecule has 17 heavy (non-hydrogen) atoms. The van der Waals surface area contributed by atoms with E-state index in [4.69, 9.17) is 0 Å². The fourth-order valence-electron chi connectivity index (χ4n) is 1.26. The van der Waals surface area contributed by atoms with Crippen molar-refractivity contribution in [3.05, 3.63) is 60.7 Å². The third-order valence-electron chi connectivity index (χ3n) is 1.88. The Bertz CT molecular complexity index is 369. The second-order valence-corrected chi connectivity index (χ2v) is 6.48. The van der Waals surface area contributed by atoms with E-state index in [9.17, 15) is 0 Å². The molecule has 0 aliphatic carbocycles. The van der Waals surface area contributed by atoms with Crippen LogP contribution in [0.5, 0.6) is 0 Å². The number of benzene rings is 2. The average molecular weight is 239 g/mol. The van der Waals surface area contributed by atoms with Gasteiger partial charge in [-0.2, -0.15) is 0 Å². The summed E-state index contributed by atoms with van der Waals surface area (Å²) in [5.74, 6) is 0. The Balaban J connectivity index is 0.000000249. The van der Waals surface area contributed by atoms with Gasteiger partial charge in [-0.1, -0.05) is 81.4 Å². The summed E-state index contributed by atoms with van der Waals surface area (Å²) in [5.41, 5.74) is 2.55. The Labute approximate surface area is 108 Å². The van der Waals surface area contributed by atoms with E-state index in [0.717, 1.165) is 0 Å². The molecule has 0 amide bonds. The first-order valence-corrected chi connectivity index (χ1v) is 6.32.